The lowest BCUT2D eigenvalue weighted by Gasteiger charge is -2.17. The number of hydrogen-bond donors (Lipinski definition) is 1. The molecule has 246 valence electrons. The second-order valence-corrected chi connectivity index (χ2v) is 12.9. The number of amides is 1. The van der Waals surface area contributed by atoms with Gasteiger partial charge in [-0.05, 0) is 92.9 Å². The van der Waals surface area contributed by atoms with Crippen LogP contribution in [-0.4, -0.2) is 85.1 Å². The quantitative estimate of drug-likeness (QED) is 0.107. The number of ether oxygens (including phenoxy) is 3. The number of carboxylic acid groups (broad SMARTS) is 1. The predicted molar refractivity (Wildman–Crippen MR) is 182 cm³/mol. The zero-order chi connectivity index (χ0) is 32.6. The number of carboxylic acids is 1. The van der Waals surface area contributed by atoms with E-state index < -0.39 is 5.97 Å². The Morgan fingerprint density at radius 1 is 0.809 bits per heavy atom. The van der Waals surface area contributed by atoms with Crippen LogP contribution >= 0.6 is 11.3 Å². The molecule has 2 aliphatic rings. The first-order valence-electron chi connectivity index (χ1n) is 16.4. The molecule has 3 aromatic carbocycles. The summed E-state index contributed by atoms with van der Waals surface area (Å²) in [6.07, 6.45) is 4.31. The average Bonchev–Trinajstić information content (AvgIpc) is 3.84. The monoisotopic (exact) mass is 656 g/mol. The molecule has 2 aliphatic heterocycles. The van der Waals surface area contributed by atoms with Crippen LogP contribution in [0, 0.1) is 0 Å². The van der Waals surface area contributed by atoms with Crippen molar-refractivity contribution in [2.75, 3.05) is 52.5 Å². The third-order valence-corrected chi connectivity index (χ3v) is 9.82. The maximum Gasteiger partial charge on any atom is 0.303 e. The molecule has 4 aromatic rings. The van der Waals surface area contributed by atoms with Crippen LogP contribution in [0.3, 0.4) is 0 Å². The average molecular weight is 657 g/mol. The van der Waals surface area contributed by atoms with Gasteiger partial charge in [-0.3, -0.25) is 19.3 Å². The SMILES string of the molecule is O=C(O)CCCOc1cc(-c2sc3ccccc3c2C(=O)c2ccc(OCCN3CCCC3=O)cc2)ccc1OCCN1CCCC1. The molecule has 2 fully saturated rings. The van der Waals surface area contributed by atoms with Crippen LogP contribution < -0.4 is 14.2 Å². The fourth-order valence-electron chi connectivity index (χ4n) is 6.11. The highest BCUT2D eigenvalue weighted by molar-refractivity contribution is 7.22. The first kappa shape index (κ1) is 32.5. The lowest BCUT2D eigenvalue weighted by molar-refractivity contribution is -0.137. The van der Waals surface area contributed by atoms with E-state index in [0.29, 0.717) is 61.0 Å². The molecule has 0 aliphatic carbocycles. The molecule has 10 heteroatoms. The molecule has 47 heavy (non-hydrogen) atoms. The minimum atomic E-state index is -0.865. The highest BCUT2D eigenvalue weighted by atomic mass is 32.1. The van der Waals surface area contributed by atoms with Crippen molar-refractivity contribution in [2.45, 2.75) is 38.5 Å². The highest BCUT2D eigenvalue weighted by Gasteiger charge is 2.23. The van der Waals surface area contributed by atoms with Crippen LogP contribution in [0.4, 0.5) is 0 Å². The number of nitrogens with zero attached hydrogens (tertiary/aromatic N) is 2. The van der Waals surface area contributed by atoms with E-state index in [2.05, 4.69) is 4.90 Å². The van der Waals surface area contributed by atoms with Gasteiger partial charge >= 0.3 is 5.97 Å². The summed E-state index contributed by atoms with van der Waals surface area (Å²) in [6.45, 7) is 5.48. The Morgan fingerprint density at radius 2 is 1.57 bits per heavy atom. The van der Waals surface area contributed by atoms with Gasteiger partial charge in [-0.2, -0.15) is 0 Å². The molecule has 9 nitrogen and oxygen atoms in total. The molecular formula is C37H40N2O7S. The Labute approximate surface area is 278 Å². The molecule has 1 N–H and O–H groups in total. The number of aliphatic carboxylic acids is 1. The van der Waals surface area contributed by atoms with Gasteiger partial charge in [-0.25, -0.2) is 0 Å². The van der Waals surface area contributed by atoms with Crippen LogP contribution in [0.15, 0.2) is 66.7 Å². The molecule has 2 saturated heterocycles. The second-order valence-electron chi connectivity index (χ2n) is 11.9. The normalized spacial score (nSPS) is 15.0. The van der Waals surface area contributed by atoms with Gasteiger partial charge in [-0.15, -0.1) is 11.3 Å². The fraction of sp³-hybridized carbons (Fsp3) is 0.378. The summed E-state index contributed by atoms with van der Waals surface area (Å²) in [5.41, 5.74) is 1.99. The number of carbonyl (C=O) groups excluding carboxylic acids is 2. The van der Waals surface area contributed by atoms with Crippen LogP contribution in [0.2, 0.25) is 0 Å². The van der Waals surface area contributed by atoms with Gasteiger partial charge in [-0.1, -0.05) is 18.2 Å². The molecule has 6 rings (SSSR count). The van der Waals surface area contributed by atoms with E-state index in [1.54, 1.807) is 35.6 Å². The van der Waals surface area contributed by atoms with Crippen molar-refractivity contribution in [1.29, 1.82) is 0 Å². The van der Waals surface area contributed by atoms with Crippen molar-refractivity contribution in [3.8, 4) is 27.7 Å². The molecule has 0 saturated carbocycles. The number of fused-ring (bicyclic) bond motifs is 1. The molecular weight excluding hydrogens is 616 g/mol. The lowest BCUT2D eigenvalue weighted by atomic mass is 9.97. The van der Waals surface area contributed by atoms with E-state index >= 15 is 0 Å². The summed E-state index contributed by atoms with van der Waals surface area (Å²) in [4.78, 5) is 42.1. The van der Waals surface area contributed by atoms with Crippen molar-refractivity contribution in [2.24, 2.45) is 0 Å². The van der Waals surface area contributed by atoms with Gasteiger partial charge in [0.05, 0.1) is 13.2 Å². The van der Waals surface area contributed by atoms with Crippen LogP contribution in [-0.2, 0) is 9.59 Å². The van der Waals surface area contributed by atoms with Crippen molar-refractivity contribution >= 4 is 39.1 Å². The summed E-state index contributed by atoms with van der Waals surface area (Å²) in [6, 6.07) is 20.8. The smallest absolute Gasteiger partial charge is 0.303 e. The molecule has 0 bridgehead atoms. The molecule has 0 radical (unpaired) electrons. The van der Waals surface area contributed by atoms with E-state index in [1.165, 1.54) is 12.8 Å². The van der Waals surface area contributed by atoms with E-state index in [0.717, 1.165) is 53.1 Å². The minimum absolute atomic E-state index is 0.0156. The maximum atomic E-state index is 14.2. The first-order chi connectivity index (χ1) is 23.0. The van der Waals surface area contributed by atoms with Crippen LogP contribution in [0.1, 0.15) is 54.4 Å². The standard InChI is InChI=1S/C37H40N2O7S/c40-33-9-5-19-39(33)21-24-44-28-14-11-26(12-15-28)36(43)35-29-7-1-2-8-32(29)47-37(35)27-13-16-30(46-23-20-38-17-3-4-18-38)31(25-27)45-22-6-10-34(41)42/h1-2,7-8,11-16,25H,3-6,9-10,17-24H2,(H,41,42). The van der Waals surface area contributed by atoms with Gasteiger partial charge < -0.3 is 24.2 Å². The lowest BCUT2D eigenvalue weighted by Crippen LogP contribution is -2.29. The van der Waals surface area contributed by atoms with E-state index in [1.807, 2.05) is 47.4 Å². The predicted octanol–water partition coefficient (Wildman–Crippen LogP) is 6.52. The van der Waals surface area contributed by atoms with E-state index in [4.69, 9.17) is 19.3 Å². The van der Waals surface area contributed by atoms with E-state index in [9.17, 15) is 14.4 Å². The van der Waals surface area contributed by atoms with Gasteiger partial charge in [0.1, 0.15) is 19.0 Å². The minimum Gasteiger partial charge on any atom is -0.492 e. The summed E-state index contributed by atoms with van der Waals surface area (Å²) >= 11 is 1.55. The molecule has 3 heterocycles. The van der Waals surface area contributed by atoms with Crippen LogP contribution in [0.5, 0.6) is 17.2 Å². The zero-order valence-electron chi connectivity index (χ0n) is 26.4. The first-order valence-corrected chi connectivity index (χ1v) is 17.2. The molecule has 0 unspecified atom stereocenters. The van der Waals surface area contributed by atoms with Gasteiger partial charge in [0.25, 0.3) is 0 Å². The van der Waals surface area contributed by atoms with Crippen molar-refractivity contribution in [1.82, 2.24) is 9.80 Å². The van der Waals surface area contributed by atoms with Crippen molar-refractivity contribution < 1.29 is 33.7 Å². The number of likely N-dealkylation sites (tertiary alicyclic amines) is 2. The largest absolute Gasteiger partial charge is 0.492 e. The van der Waals surface area contributed by atoms with Crippen molar-refractivity contribution in [3.63, 3.8) is 0 Å². The Bertz CT molecular complexity index is 1710. The third kappa shape index (κ3) is 8.12. The Hall–Kier alpha value is -4.41. The Balaban J connectivity index is 1.23. The summed E-state index contributed by atoms with van der Waals surface area (Å²) in [5, 5.41) is 9.97. The van der Waals surface area contributed by atoms with Crippen molar-refractivity contribution in [3.05, 3.63) is 77.9 Å². The second kappa shape index (κ2) is 15.5. The molecule has 1 aromatic heterocycles. The molecule has 0 atom stereocenters. The fourth-order valence-corrected chi connectivity index (χ4v) is 7.31. The number of thiophene rings is 1. The Morgan fingerprint density at radius 3 is 2.34 bits per heavy atom. The topological polar surface area (TPSA) is 106 Å². The van der Waals surface area contributed by atoms with Gasteiger partial charge in [0.2, 0.25) is 5.91 Å². The number of ketones is 1. The summed E-state index contributed by atoms with van der Waals surface area (Å²) in [7, 11) is 0. The Kier molecular flexibility index (Phi) is 10.7. The molecule has 1 amide bonds. The number of hydrogen-bond acceptors (Lipinski definition) is 8. The highest BCUT2D eigenvalue weighted by Crippen LogP contribution is 2.42. The number of carbonyl (C=O) groups is 3. The third-order valence-electron chi connectivity index (χ3n) is 8.60. The van der Waals surface area contributed by atoms with Gasteiger partial charge in [0.15, 0.2) is 17.3 Å². The number of benzene rings is 3. The summed E-state index contributed by atoms with van der Waals surface area (Å²) in [5.74, 6) is 0.986. The van der Waals surface area contributed by atoms with Gasteiger partial charge in [0, 0.05) is 52.0 Å². The molecule has 0 spiro atoms. The van der Waals surface area contributed by atoms with E-state index in [-0.39, 0.29) is 24.7 Å². The maximum absolute atomic E-state index is 14.2. The zero-order valence-corrected chi connectivity index (χ0v) is 27.3. The number of rotatable bonds is 16. The summed E-state index contributed by atoms with van der Waals surface area (Å²) < 4.78 is 19.1. The van der Waals surface area contributed by atoms with Crippen LogP contribution in [0.25, 0.3) is 20.5 Å².